The molecule has 0 aliphatic heterocycles. The van der Waals surface area contributed by atoms with E-state index in [4.69, 9.17) is 0 Å². The molecule has 0 amide bonds. The Hall–Kier alpha value is -0.0400. The molecule has 0 aromatic heterocycles. The van der Waals surface area contributed by atoms with Gasteiger partial charge in [0.05, 0.1) is 0 Å². The Labute approximate surface area is 89.7 Å². The lowest BCUT2D eigenvalue weighted by atomic mass is 10.00. The van der Waals surface area contributed by atoms with Gasteiger partial charge in [0.25, 0.3) is 0 Å². The molecule has 14 heavy (non-hydrogen) atoms. The van der Waals surface area contributed by atoms with E-state index in [0.717, 1.165) is 23.8 Å². The predicted molar refractivity (Wildman–Crippen MR) is 63.4 cm³/mol. The van der Waals surface area contributed by atoms with E-state index < -0.39 is 0 Å². The monoisotopic (exact) mass is 197 g/mol. The van der Waals surface area contributed by atoms with Crippen LogP contribution in [0.1, 0.15) is 53.4 Å². The molecule has 1 rings (SSSR count). The molecule has 0 aromatic carbocycles. The van der Waals surface area contributed by atoms with E-state index in [0.29, 0.717) is 0 Å². The third-order valence-corrected chi connectivity index (χ3v) is 3.72. The van der Waals surface area contributed by atoms with E-state index in [-0.39, 0.29) is 0 Å². The van der Waals surface area contributed by atoms with E-state index in [1.54, 1.807) is 0 Å². The third-order valence-electron chi connectivity index (χ3n) is 3.72. The van der Waals surface area contributed by atoms with Crippen LogP contribution in [0.25, 0.3) is 0 Å². The highest BCUT2D eigenvalue weighted by Crippen LogP contribution is 2.29. The Kier molecular flexibility index (Phi) is 4.94. The minimum Gasteiger partial charge on any atom is -0.313 e. The molecule has 84 valence electrons. The molecule has 1 heteroatoms. The van der Waals surface area contributed by atoms with Gasteiger partial charge in [0.2, 0.25) is 0 Å². The molecule has 1 aliphatic carbocycles. The normalized spacial score (nSPS) is 29.8. The van der Waals surface area contributed by atoms with Crippen LogP contribution >= 0.6 is 0 Å². The zero-order chi connectivity index (χ0) is 10.6. The molecule has 0 saturated heterocycles. The lowest BCUT2D eigenvalue weighted by Gasteiger charge is -2.22. The Morgan fingerprint density at radius 1 is 1.29 bits per heavy atom. The molecule has 1 N–H and O–H groups in total. The van der Waals surface area contributed by atoms with Gasteiger partial charge in [0.15, 0.2) is 0 Å². The minimum absolute atomic E-state index is 0.728. The van der Waals surface area contributed by atoms with Crippen molar-refractivity contribution in [2.24, 2.45) is 17.8 Å². The molecule has 3 atom stereocenters. The van der Waals surface area contributed by atoms with Gasteiger partial charge in [-0.25, -0.2) is 0 Å². The van der Waals surface area contributed by atoms with Crippen molar-refractivity contribution < 1.29 is 0 Å². The zero-order valence-electron chi connectivity index (χ0n) is 10.3. The van der Waals surface area contributed by atoms with Gasteiger partial charge in [-0.05, 0) is 43.6 Å². The SMILES string of the molecule is CCC(NCC1CCC(C)C1)C(C)C. The molecule has 0 aromatic rings. The summed E-state index contributed by atoms with van der Waals surface area (Å²) in [4.78, 5) is 0. The summed E-state index contributed by atoms with van der Waals surface area (Å²) in [5.74, 6) is 2.71. The summed E-state index contributed by atoms with van der Waals surface area (Å²) >= 11 is 0. The van der Waals surface area contributed by atoms with Crippen LogP contribution in [0.3, 0.4) is 0 Å². The summed E-state index contributed by atoms with van der Waals surface area (Å²) in [6.07, 6.45) is 5.61. The molecule has 3 unspecified atom stereocenters. The van der Waals surface area contributed by atoms with Crippen molar-refractivity contribution in [1.29, 1.82) is 0 Å². The first kappa shape index (κ1) is 12.0. The Balaban J connectivity index is 2.18. The molecule has 1 saturated carbocycles. The lowest BCUT2D eigenvalue weighted by Crippen LogP contribution is -2.36. The van der Waals surface area contributed by atoms with Gasteiger partial charge in [0.1, 0.15) is 0 Å². The Morgan fingerprint density at radius 2 is 2.00 bits per heavy atom. The summed E-state index contributed by atoms with van der Waals surface area (Å²) in [6.45, 7) is 10.6. The first-order chi connectivity index (χ1) is 6.63. The average Bonchev–Trinajstić information content (AvgIpc) is 2.52. The number of rotatable bonds is 5. The van der Waals surface area contributed by atoms with Crippen molar-refractivity contribution in [3.05, 3.63) is 0 Å². The Morgan fingerprint density at radius 3 is 2.43 bits per heavy atom. The van der Waals surface area contributed by atoms with Crippen LogP contribution in [-0.2, 0) is 0 Å². The van der Waals surface area contributed by atoms with E-state index >= 15 is 0 Å². The van der Waals surface area contributed by atoms with Crippen LogP contribution in [0.4, 0.5) is 0 Å². The van der Waals surface area contributed by atoms with Gasteiger partial charge in [-0.2, -0.15) is 0 Å². The van der Waals surface area contributed by atoms with Gasteiger partial charge >= 0.3 is 0 Å². The maximum Gasteiger partial charge on any atom is 0.00875 e. The second-order valence-corrected chi connectivity index (χ2v) is 5.45. The topological polar surface area (TPSA) is 12.0 Å². The van der Waals surface area contributed by atoms with Crippen LogP contribution in [0, 0.1) is 17.8 Å². The summed E-state index contributed by atoms with van der Waals surface area (Å²) in [5.41, 5.74) is 0. The summed E-state index contributed by atoms with van der Waals surface area (Å²) in [7, 11) is 0. The van der Waals surface area contributed by atoms with Gasteiger partial charge in [-0.3, -0.25) is 0 Å². The maximum absolute atomic E-state index is 3.73. The fourth-order valence-corrected chi connectivity index (χ4v) is 2.68. The van der Waals surface area contributed by atoms with Crippen LogP contribution in [0.2, 0.25) is 0 Å². The van der Waals surface area contributed by atoms with Gasteiger partial charge in [-0.15, -0.1) is 0 Å². The van der Waals surface area contributed by atoms with E-state index in [1.807, 2.05) is 0 Å². The Bertz CT molecular complexity index is 153. The van der Waals surface area contributed by atoms with Crippen molar-refractivity contribution in [3.8, 4) is 0 Å². The number of hydrogen-bond donors (Lipinski definition) is 1. The number of hydrogen-bond acceptors (Lipinski definition) is 1. The van der Waals surface area contributed by atoms with Gasteiger partial charge < -0.3 is 5.32 Å². The van der Waals surface area contributed by atoms with Gasteiger partial charge in [0, 0.05) is 6.04 Å². The quantitative estimate of drug-likeness (QED) is 0.712. The summed E-state index contributed by atoms with van der Waals surface area (Å²) in [5, 5.41) is 3.73. The molecule has 0 bridgehead atoms. The number of nitrogens with one attached hydrogen (secondary N) is 1. The molecular weight excluding hydrogens is 170 g/mol. The van der Waals surface area contributed by atoms with Crippen molar-refractivity contribution in [3.63, 3.8) is 0 Å². The van der Waals surface area contributed by atoms with E-state index in [1.165, 1.54) is 32.2 Å². The highest BCUT2D eigenvalue weighted by molar-refractivity contribution is 4.77. The second kappa shape index (κ2) is 5.75. The van der Waals surface area contributed by atoms with E-state index in [2.05, 4.69) is 33.0 Å². The third kappa shape index (κ3) is 3.61. The predicted octanol–water partition coefficient (Wildman–Crippen LogP) is 3.45. The van der Waals surface area contributed by atoms with Crippen LogP contribution in [0.15, 0.2) is 0 Å². The lowest BCUT2D eigenvalue weighted by molar-refractivity contribution is 0.352. The first-order valence-corrected chi connectivity index (χ1v) is 6.36. The summed E-state index contributed by atoms with van der Waals surface area (Å²) < 4.78 is 0. The highest BCUT2D eigenvalue weighted by atomic mass is 14.9. The maximum atomic E-state index is 3.73. The van der Waals surface area contributed by atoms with Crippen molar-refractivity contribution in [1.82, 2.24) is 5.32 Å². The molecule has 0 spiro atoms. The molecular formula is C13H27N. The zero-order valence-corrected chi connectivity index (χ0v) is 10.3. The van der Waals surface area contributed by atoms with Crippen LogP contribution < -0.4 is 5.32 Å². The van der Waals surface area contributed by atoms with E-state index in [9.17, 15) is 0 Å². The fourth-order valence-electron chi connectivity index (χ4n) is 2.68. The molecule has 0 radical (unpaired) electrons. The van der Waals surface area contributed by atoms with Gasteiger partial charge in [-0.1, -0.05) is 34.1 Å². The highest BCUT2D eigenvalue weighted by Gasteiger charge is 2.22. The molecule has 0 heterocycles. The largest absolute Gasteiger partial charge is 0.313 e. The first-order valence-electron chi connectivity index (χ1n) is 6.36. The molecule has 1 fully saturated rings. The van der Waals surface area contributed by atoms with Crippen molar-refractivity contribution in [2.45, 2.75) is 59.4 Å². The smallest absolute Gasteiger partial charge is 0.00875 e. The minimum atomic E-state index is 0.728. The standard InChI is InChI=1S/C13H27N/c1-5-13(10(2)3)14-9-12-7-6-11(4)8-12/h10-14H,5-9H2,1-4H3. The fraction of sp³-hybridized carbons (Fsp3) is 1.00. The molecule has 1 nitrogen and oxygen atoms in total. The average molecular weight is 197 g/mol. The van der Waals surface area contributed by atoms with Crippen LogP contribution in [0.5, 0.6) is 0 Å². The summed E-state index contributed by atoms with van der Waals surface area (Å²) in [6, 6.07) is 0.728. The molecule has 1 aliphatic rings. The second-order valence-electron chi connectivity index (χ2n) is 5.45. The van der Waals surface area contributed by atoms with Crippen molar-refractivity contribution in [2.75, 3.05) is 6.54 Å². The van der Waals surface area contributed by atoms with Crippen molar-refractivity contribution >= 4 is 0 Å². The van der Waals surface area contributed by atoms with Crippen LogP contribution in [-0.4, -0.2) is 12.6 Å².